The first kappa shape index (κ1) is 14.9. The summed E-state index contributed by atoms with van der Waals surface area (Å²) in [6.07, 6.45) is 3.49. The smallest absolute Gasteiger partial charge is 0.254 e. The summed E-state index contributed by atoms with van der Waals surface area (Å²) in [5, 5.41) is 0. The van der Waals surface area contributed by atoms with Crippen molar-refractivity contribution in [3.8, 4) is 5.75 Å². The lowest BCUT2D eigenvalue weighted by molar-refractivity contribution is 0.0588. The highest BCUT2D eigenvalue weighted by molar-refractivity contribution is 5.94. The quantitative estimate of drug-likeness (QED) is 0.868. The van der Waals surface area contributed by atoms with Crippen LogP contribution in [0.2, 0.25) is 0 Å². The van der Waals surface area contributed by atoms with Crippen LogP contribution in [0.4, 0.5) is 0 Å². The Hall–Kier alpha value is -1.55. The fraction of sp³-hybridized carbons (Fsp3) is 0.562. The highest BCUT2D eigenvalue weighted by atomic mass is 16.5. The molecule has 0 atom stereocenters. The van der Waals surface area contributed by atoms with Gasteiger partial charge in [0.05, 0.1) is 6.10 Å². The SMILES string of the molecule is CC(C)Oc1cccc(C(=O)N(CCN)C2CCC2)c1. The molecule has 2 N–H and O–H groups in total. The summed E-state index contributed by atoms with van der Waals surface area (Å²) in [6.45, 7) is 5.08. The molecule has 4 heteroatoms. The van der Waals surface area contributed by atoms with Crippen molar-refractivity contribution in [3.05, 3.63) is 29.8 Å². The van der Waals surface area contributed by atoms with Crippen molar-refractivity contribution in [2.24, 2.45) is 5.73 Å². The average molecular weight is 276 g/mol. The minimum absolute atomic E-state index is 0.0642. The summed E-state index contributed by atoms with van der Waals surface area (Å²) in [7, 11) is 0. The van der Waals surface area contributed by atoms with E-state index in [1.807, 2.05) is 43.0 Å². The molecule has 0 heterocycles. The lowest BCUT2D eigenvalue weighted by Gasteiger charge is -2.37. The maximum atomic E-state index is 12.6. The van der Waals surface area contributed by atoms with Crippen LogP contribution in [0.5, 0.6) is 5.75 Å². The predicted octanol–water partition coefficient (Wildman–Crippen LogP) is 2.43. The molecule has 1 fully saturated rings. The van der Waals surface area contributed by atoms with Crippen molar-refractivity contribution in [2.75, 3.05) is 13.1 Å². The second-order valence-electron chi connectivity index (χ2n) is 5.57. The van der Waals surface area contributed by atoms with E-state index in [1.165, 1.54) is 6.42 Å². The molecule has 1 saturated carbocycles. The van der Waals surface area contributed by atoms with Crippen LogP contribution in [0.15, 0.2) is 24.3 Å². The van der Waals surface area contributed by atoms with Gasteiger partial charge in [0, 0.05) is 24.7 Å². The molecular formula is C16H24N2O2. The van der Waals surface area contributed by atoms with Gasteiger partial charge in [-0.3, -0.25) is 4.79 Å². The van der Waals surface area contributed by atoms with E-state index >= 15 is 0 Å². The zero-order chi connectivity index (χ0) is 14.5. The van der Waals surface area contributed by atoms with Crippen LogP contribution in [-0.4, -0.2) is 36.0 Å². The van der Waals surface area contributed by atoms with Crippen LogP contribution in [0.25, 0.3) is 0 Å². The third-order valence-corrected chi connectivity index (χ3v) is 3.60. The summed E-state index contributed by atoms with van der Waals surface area (Å²) in [5.41, 5.74) is 6.32. The number of nitrogens with two attached hydrogens (primary N) is 1. The Morgan fingerprint density at radius 2 is 2.20 bits per heavy atom. The summed E-state index contributed by atoms with van der Waals surface area (Å²) >= 11 is 0. The highest BCUT2D eigenvalue weighted by Crippen LogP contribution is 2.26. The number of amides is 1. The van der Waals surface area contributed by atoms with Crippen molar-refractivity contribution in [2.45, 2.75) is 45.3 Å². The number of carbonyl (C=O) groups excluding carboxylic acids is 1. The Balaban J connectivity index is 2.13. The van der Waals surface area contributed by atoms with Gasteiger partial charge < -0.3 is 15.4 Å². The number of ether oxygens (including phenoxy) is 1. The maximum Gasteiger partial charge on any atom is 0.254 e. The molecule has 1 aromatic rings. The topological polar surface area (TPSA) is 55.6 Å². The summed E-state index contributed by atoms with van der Waals surface area (Å²) in [4.78, 5) is 14.5. The molecule has 0 aliphatic heterocycles. The molecule has 0 spiro atoms. The van der Waals surface area contributed by atoms with Gasteiger partial charge in [-0.25, -0.2) is 0 Å². The molecule has 1 aliphatic rings. The molecule has 20 heavy (non-hydrogen) atoms. The zero-order valence-corrected chi connectivity index (χ0v) is 12.3. The standard InChI is InChI=1S/C16H24N2O2/c1-12(2)20-15-8-3-5-13(11-15)16(19)18(10-9-17)14-6-4-7-14/h3,5,8,11-12,14H,4,6-7,9-10,17H2,1-2H3. The average Bonchev–Trinajstić information content (AvgIpc) is 2.35. The van der Waals surface area contributed by atoms with Gasteiger partial charge in [0.2, 0.25) is 0 Å². The Kier molecular flexibility index (Phi) is 5.01. The molecular weight excluding hydrogens is 252 g/mol. The molecule has 4 nitrogen and oxygen atoms in total. The molecule has 1 aliphatic carbocycles. The normalized spacial score (nSPS) is 15.0. The predicted molar refractivity (Wildman–Crippen MR) is 79.9 cm³/mol. The first-order chi connectivity index (χ1) is 9.61. The second-order valence-corrected chi connectivity index (χ2v) is 5.57. The first-order valence-electron chi connectivity index (χ1n) is 7.39. The van der Waals surface area contributed by atoms with Crippen molar-refractivity contribution < 1.29 is 9.53 Å². The van der Waals surface area contributed by atoms with E-state index in [0.29, 0.717) is 24.7 Å². The highest BCUT2D eigenvalue weighted by Gasteiger charge is 2.28. The number of hydrogen-bond acceptors (Lipinski definition) is 3. The van der Waals surface area contributed by atoms with Gasteiger partial charge in [-0.1, -0.05) is 6.07 Å². The monoisotopic (exact) mass is 276 g/mol. The Morgan fingerprint density at radius 1 is 1.45 bits per heavy atom. The molecule has 0 radical (unpaired) electrons. The Morgan fingerprint density at radius 3 is 2.75 bits per heavy atom. The summed E-state index contributed by atoms with van der Waals surface area (Å²) in [6, 6.07) is 7.78. The van der Waals surface area contributed by atoms with Gasteiger partial charge in [0.1, 0.15) is 5.75 Å². The van der Waals surface area contributed by atoms with Gasteiger partial charge in [-0.15, -0.1) is 0 Å². The van der Waals surface area contributed by atoms with E-state index in [1.54, 1.807) is 0 Å². The van der Waals surface area contributed by atoms with Gasteiger partial charge in [-0.05, 0) is 51.3 Å². The largest absolute Gasteiger partial charge is 0.491 e. The lowest BCUT2D eigenvalue weighted by atomic mass is 9.91. The van der Waals surface area contributed by atoms with Crippen molar-refractivity contribution in [1.82, 2.24) is 4.90 Å². The second kappa shape index (κ2) is 6.75. The molecule has 2 rings (SSSR count). The van der Waals surface area contributed by atoms with Crippen molar-refractivity contribution in [1.29, 1.82) is 0 Å². The van der Waals surface area contributed by atoms with Crippen LogP contribution in [0, 0.1) is 0 Å². The van der Waals surface area contributed by atoms with Gasteiger partial charge in [-0.2, -0.15) is 0 Å². The molecule has 1 amide bonds. The van der Waals surface area contributed by atoms with E-state index < -0.39 is 0 Å². The van der Waals surface area contributed by atoms with E-state index in [0.717, 1.165) is 18.6 Å². The number of benzene rings is 1. The third kappa shape index (κ3) is 3.51. The van der Waals surface area contributed by atoms with Gasteiger partial charge in [0.15, 0.2) is 0 Å². The van der Waals surface area contributed by atoms with Crippen LogP contribution in [-0.2, 0) is 0 Å². The van der Waals surface area contributed by atoms with Gasteiger partial charge in [0.25, 0.3) is 5.91 Å². The van der Waals surface area contributed by atoms with E-state index in [-0.39, 0.29) is 12.0 Å². The number of rotatable bonds is 6. The molecule has 110 valence electrons. The summed E-state index contributed by atoms with van der Waals surface area (Å²) in [5.74, 6) is 0.807. The van der Waals surface area contributed by atoms with Crippen molar-refractivity contribution in [3.63, 3.8) is 0 Å². The number of hydrogen-bond donors (Lipinski definition) is 1. The fourth-order valence-corrected chi connectivity index (χ4v) is 2.43. The van der Waals surface area contributed by atoms with E-state index in [4.69, 9.17) is 10.5 Å². The van der Waals surface area contributed by atoms with Crippen molar-refractivity contribution >= 4 is 5.91 Å². The number of nitrogens with zero attached hydrogens (tertiary/aromatic N) is 1. The Bertz CT molecular complexity index is 456. The van der Waals surface area contributed by atoms with Crippen LogP contribution >= 0.6 is 0 Å². The lowest BCUT2D eigenvalue weighted by Crippen LogP contribution is -2.46. The molecule has 1 aromatic carbocycles. The van der Waals surface area contributed by atoms with E-state index in [9.17, 15) is 4.79 Å². The number of carbonyl (C=O) groups is 1. The minimum atomic E-state index is 0.0642. The molecule has 0 aromatic heterocycles. The Labute approximate surface area is 120 Å². The molecule has 0 bridgehead atoms. The maximum absolute atomic E-state index is 12.6. The van der Waals surface area contributed by atoms with Crippen LogP contribution < -0.4 is 10.5 Å². The zero-order valence-electron chi connectivity index (χ0n) is 12.3. The van der Waals surface area contributed by atoms with E-state index in [2.05, 4.69) is 0 Å². The molecule has 0 saturated heterocycles. The third-order valence-electron chi connectivity index (χ3n) is 3.60. The minimum Gasteiger partial charge on any atom is -0.491 e. The van der Waals surface area contributed by atoms with Gasteiger partial charge >= 0.3 is 0 Å². The fourth-order valence-electron chi connectivity index (χ4n) is 2.43. The summed E-state index contributed by atoms with van der Waals surface area (Å²) < 4.78 is 5.65. The first-order valence-corrected chi connectivity index (χ1v) is 7.39. The van der Waals surface area contributed by atoms with Crippen LogP contribution in [0.3, 0.4) is 0 Å². The molecule has 0 unspecified atom stereocenters. The van der Waals surface area contributed by atoms with Crippen LogP contribution in [0.1, 0.15) is 43.5 Å².